The van der Waals surface area contributed by atoms with E-state index in [1.165, 1.54) is 36.5 Å². The molecular weight excluding hydrogens is 877 g/mol. The predicted molar refractivity (Wildman–Crippen MR) is 289 cm³/mol. The van der Waals surface area contributed by atoms with Crippen molar-refractivity contribution in [3.05, 3.63) is 218 Å². The molecule has 7 heteroatoms. The summed E-state index contributed by atoms with van der Waals surface area (Å²) in [6.45, 7) is 0. The molecule has 15 rings (SSSR count). The first-order valence-electron chi connectivity index (χ1n) is 23.4. The molecule has 326 valence electrons. The lowest BCUT2D eigenvalue weighted by atomic mass is 9.95. The molecule has 0 aliphatic rings. The Kier molecular flexibility index (Phi) is 8.43. The van der Waals surface area contributed by atoms with E-state index in [0.717, 1.165) is 94.0 Å². The first kappa shape index (κ1) is 38.9. The Labute approximate surface area is 404 Å². The summed E-state index contributed by atoms with van der Waals surface area (Å²) in [5.74, 6) is 1.81. The minimum absolute atomic E-state index is 0.581. The van der Waals surface area contributed by atoms with Crippen molar-refractivity contribution in [2.24, 2.45) is 0 Å². The Morgan fingerprint density at radius 3 is 1.80 bits per heavy atom. The monoisotopic (exact) mass is 912 g/mol. The molecule has 6 nitrogen and oxygen atoms in total. The van der Waals surface area contributed by atoms with Crippen LogP contribution in [0.4, 0.5) is 0 Å². The number of fused-ring (bicyclic) bond motifs is 12. The predicted octanol–water partition coefficient (Wildman–Crippen LogP) is 17.5. The van der Waals surface area contributed by atoms with Gasteiger partial charge in [0.15, 0.2) is 17.5 Å². The van der Waals surface area contributed by atoms with Crippen molar-refractivity contribution >= 4 is 97.2 Å². The van der Waals surface area contributed by atoms with Crippen molar-refractivity contribution < 1.29 is 8.83 Å². The van der Waals surface area contributed by atoms with Crippen LogP contribution in [-0.4, -0.2) is 19.5 Å². The fourth-order valence-electron chi connectivity index (χ4n) is 10.7. The highest BCUT2D eigenvalue weighted by Crippen LogP contribution is 2.45. The van der Waals surface area contributed by atoms with Crippen LogP contribution in [0.5, 0.6) is 0 Å². The van der Waals surface area contributed by atoms with Gasteiger partial charge in [0.25, 0.3) is 0 Å². The smallest absolute Gasteiger partial charge is 0.164 e. The van der Waals surface area contributed by atoms with Crippen LogP contribution < -0.4 is 0 Å². The quantitative estimate of drug-likeness (QED) is 0.166. The molecule has 0 N–H and O–H groups in total. The number of aromatic nitrogens is 4. The molecule has 70 heavy (non-hydrogen) atoms. The van der Waals surface area contributed by atoms with Crippen molar-refractivity contribution in [1.29, 1.82) is 0 Å². The van der Waals surface area contributed by atoms with Crippen molar-refractivity contribution in [2.45, 2.75) is 0 Å². The number of thiophene rings is 1. The van der Waals surface area contributed by atoms with Gasteiger partial charge in [-0.1, -0.05) is 152 Å². The van der Waals surface area contributed by atoms with Crippen LogP contribution in [-0.2, 0) is 0 Å². The molecule has 15 aromatic rings. The average molecular weight is 913 g/mol. The second-order valence-electron chi connectivity index (χ2n) is 17.9. The molecule has 5 heterocycles. The molecule has 0 spiro atoms. The van der Waals surface area contributed by atoms with E-state index in [1.54, 1.807) is 11.3 Å². The SMILES string of the molecule is c1ccc(-c2nc(-c3ccc4c(c3)sc3ccccc34)nc(-c3cccc4oc5ccc(-c6cccc7oc8c(-c9ccc%10c(c9)c9ccccc9n%10-c9ccccc9)cccc8c67)cc5c34)n2)cc1. The van der Waals surface area contributed by atoms with Gasteiger partial charge in [0.2, 0.25) is 0 Å². The molecule has 0 fully saturated rings. The molecule has 0 aliphatic carbocycles. The fraction of sp³-hybridized carbons (Fsp3) is 0. The van der Waals surface area contributed by atoms with Crippen LogP contribution in [0, 0.1) is 0 Å². The number of para-hydroxylation sites is 3. The van der Waals surface area contributed by atoms with E-state index < -0.39 is 0 Å². The van der Waals surface area contributed by atoms with Crippen LogP contribution >= 0.6 is 11.3 Å². The summed E-state index contributed by atoms with van der Waals surface area (Å²) >= 11 is 1.79. The van der Waals surface area contributed by atoms with E-state index in [-0.39, 0.29) is 0 Å². The van der Waals surface area contributed by atoms with E-state index in [2.05, 4.69) is 180 Å². The lowest BCUT2D eigenvalue weighted by Gasteiger charge is -2.10. The maximum absolute atomic E-state index is 6.88. The van der Waals surface area contributed by atoms with Gasteiger partial charge in [-0.05, 0) is 83.4 Å². The standard InChI is InChI=1S/C63H36N4O2S/c1-3-14-37(15-4-1)61-64-62(40-28-31-46-45-19-8-10-27-56(45)70-57(46)36-40)66-63(65-61)48-23-13-25-54-59(48)50-35-38(30-33-53(50)68-54)42-20-12-26-55-58(42)47-22-11-21-43(60(47)69-55)39-29-32-52-49(34-39)44-18-7-9-24-51(44)67(52)41-16-5-2-6-17-41/h1-36H. The van der Waals surface area contributed by atoms with Gasteiger partial charge in [-0.3, -0.25) is 0 Å². The summed E-state index contributed by atoms with van der Waals surface area (Å²) in [7, 11) is 0. The van der Waals surface area contributed by atoms with E-state index in [4.69, 9.17) is 23.8 Å². The number of hydrogen-bond acceptors (Lipinski definition) is 6. The Bertz CT molecular complexity index is 4600. The van der Waals surface area contributed by atoms with E-state index in [9.17, 15) is 0 Å². The maximum Gasteiger partial charge on any atom is 0.164 e. The summed E-state index contributed by atoms with van der Waals surface area (Å²) < 4.78 is 18.3. The van der Waals surface area contributed by atoms with Crippen LogP contribution in [0.1, 0.15) is 0 Å². The van der Waals surface area contributed by atoms with Crippen LogP contribution in [0.15, 0.2) is 227 Å². The average Bonchev–Trinajstić information content (AvgIpc) is 4.19. The Balaban J connectivity index is 0.879. The highest BCUT2D eigenvalue weighted by molar-refractivity contribution is 7.25. The highest BCUT2D eigenvalue weighted by Gasteiger charge is 2.22. The second-order valence-corrected chi connectivity index (χ2v) is 18.9. The van der Waals surface area contributed by atoms with Gasteiger partial charge in [0, 0.05) is 80.4 Å². The van der Waals surface area contributed by atoms with E-state index >= 15 is 0 Å². The third-order valence-electron chi connectivity index (χ3n) is 13.9. The minimum Gasteiger partial charge on any atom is -0.456 e. The summed E-state index contributed by atoms with van der Waals surface area (Å²) in [4.78, 5) is 15.5. The maximum atomic E-state index is 6.88. The van der Waals surface area contributed by atoms with Gasteiger partial charge in [0.1, 0.15) is 22.3 Å². The third kappa shape index (κ3) is 5.95. The van der Waals surface area contributed by atoms with Gasteiger partial charge in [-0.2, -0.15) is 0 Å². The number of benzene rings is 10. The molecule has 0 saturated heterocycles. The zero-order valence-corrected chi connectivity index (χ0v) is 38.1. The fourth-order valence-corrected chi connectivity index (χ4v) is 11.8. The van der Waals surface area contributed by atoms with Crippen LogP contribution in [0.25, 0.3) is 148 Å². The number of hydrogen-bond donors (Lipinski definition) is 0. The Hall–Kier alpha value is -9.17. The summed E-state index contributed by atoms with van der Waals surface area (Å²) in [5, 5.41) is 8.96. The summed E-state index contributed by atoms with van der Waals surface area (Å²) in [6, 6.07) is 76.7. The van der Waals surface area contributed by atoms with Crippen molar-refractivity contribution in [1.82, 2.24) is 19.5 Å². The van der Waals surface area contributed by atoms with Gasteiger partial charge in [0.05, 0.1) is 11.0 Å². The molecule has 10 aromatic carbocycles. The zero-order valence-electron chi connectivity index (χ0n) is 37.3. The zero-order chi connectivity index (χ0) is 45.9. The molecule has 5 aromatic heterocycles. The normalized spacial score (nSPS) is 12.0. The van der Waals surface area contributed by atoms with E-state index in [1.807, 2.05) is 42.5 Å². The topological polar surface area (TPSA) is 69.9 Å². The summed E-state index contributed by atoms with van der Waals surface area (Å²) in [5.41, 5.74) is 13.7. The lowest BCUT2D eigenvalue weighted by Crippen LogP contribution is -2.00. The molecule has 0 bridgehead atoms. The molecule has 0 amide bonds. The molecule has 0 unspecified atom stereocenters. The number of furan rings is 2. The van der Waals surface area contributed by atoms with Crippen LogP contribution in [0.2, 0.25) is 0 Å². The minimum atomic E-state index is 0.581. The number of nitrogens with zero attached hydrogens (tertiary/aromatic N) is 4. The van der Waals surface area contributed by atoms with Crippen molar-refractivity contribution in [2.75, 3.05) is 0 Å². The van der Waals surface area contributed by atoms with E-state index in [0.29, 0.717) is 17.5 Å². The molecule has 0 radical (unpaired) electrons. The number of rotatable bonds is 6. The highest BCUT2D eigenvalue weighted by atomic mass is 32.1. The molecular formula is C63H36N4O2S. The molecule has 0 aliphatic heterocycles. The van der Waals surface area contributed by atoms with Gasteiger partial charge in [-0.25, -0.2) is 15.0 Å². The van der Waals surface area contributed by atoms with Gasteiger partial charge in [-0.15, -0.1) is 11.3 Å². The van der Waals surface area contributed by atoms with Gasteiger partial charge < -0.3 is 13.4 Å². The van der Waals surface area contributed by atoms with Crippen LogP contribution in [0.3, 0.4) is 0 Å². The Morgan fingerprint density at radius 1 is 0.329 bits per heavy atom. The second kappa shape index (κ2) is 15.2. The van der Waals surface area contributed by atoms with Gasteiger partial charge >= 0.3 is 0 Å². The first-order valence-corrected chi connectivity index (χ1v) is 24.2. The first-order chi connectivity index (χ1) is 34.7. The molecule has 0 saturated carbocycles. The Morgan fingerprint density at radius 2 is 0.929 bits per heavy atom. The largest absolute Gasteiger partial charge is 0.456 e. The van der Waals surface area contributed by atoms with Crippen molar-refractivity contribution in [3.8, 4) is 62.1 Å². The third-order valence-corrected chi connectivity index (χ3v) is 15.0. The summed E-state index contributed by atoms with van der Waals surface area (Å²) in [6.07, 6.45) is 0. The van der Waals surface area contributed by atoms with Crippen molar-refractivity contribution in [3.63, 3.8) is 0 Å². The lowest BCUT2D eigenvalue weighted by molar-refractivity contribution is 0.669. The molecule has 0 atom stereocenters.